The molecule has 0 N–H and O–H groups in total. The Morgan fingerprint density at radius 1 is 0.971 bits per heavy atom. The van der Waals surface area contributed by atoms with Crippen molar-refractivity contribution in [1.82, 2.24) is 9.55 Å². The number of rotatable bonds is 9. The fourth-order valence-electron chi connectivity index (χ4n) is 4.66. The summed E-state index contributed by atoms with van der Waals surface area (Å²) in [6, 6.07) is 23.4. The second-order valence-corrected chi connectivity index (χ2v) is 8.44. The van der Waals surface area contributed by atoms with E-state index in [1.165, 1.54) is 0 Å². The number of hydrogen-bond donors (Lipinski definition) is 0. The summed E-state index contributed by atoms with van der Waals surface area (Å²) >= 11 is 0. The van der Waals surface area contributed by atoms with Crippen LogP contribution in [0, 0.1) is 0 Å². The van der Waals surface area contributed by atoms with Gasteiger partial charge in [0.15, 0.2) is 0 Å². The molecule has 5 rings (SSSR count). The maximum atomic E-state index is 13.1. The number of nitrogens with zero attached hydrogens (tertiary/aromatic N) is 3. The van der Waals surface area contributed by atoms with Crippen molar-refractivity contribution in [3.63, 3.8) is 0 Å². The molecule has 4 aromatic rings. The zero-order valence-corrected chi connectivity index (χ0v) is 20.0. The molecule has 1 aliphatic heterocycles. The van der Waals surface area contributed by atoms with Crippen molar-refractivity contribution in [2.45, 2.75) is 25.8 Å². The summed E-state index contributed by atoms with van der Waals surface area (Å²) in [6.45, 7) is 4.14. The molecule has 1 amide bonds. The first kappa shape index (κ1) is 22.8. The first-order valence-electron chi connectivity index (χ1n) is 11.9. The summed E-state index contributed by atoms with van der Waals surface area (Å²) in [4.78, 5) is 19.9. The molecular formula is C28H29N3O4. The number of fused-ring (bicyclic) bond motifs is 1. The minimum atomic E-state index is -0.0265. The van der Waals surface area contributed by atoms with Crippen LogP contribution in [0.2, 0.25) is 0 Å². The number of carbonyl (C=O) groups is 1. The van der Waals surface area contributed by atoms with Crippen LogP contribution in [0.15, 0.2) is 72.8 Å². The lowest BCUT2D eigenvalue weighted by Crippen LogP contribution is -2.25. The number of ether oxygens (including phenoxy) is 3. The number of methoxy groups -OCH3 is 1. The molecule has 1 aliphatic rings. The van der Waals surface area contributed by atoms with Gasteiger partial charge in [-0.1, -0.05) is 30.3 Å². The molecule has 0 spiro atoms. The molecule has 3 aromatic carbocycles. The molecule has 0 aliphatic carbocycles. The van der Waals surface area contributed by atoms with E-state index in [-0.39, 0.29) is 11.8 Å². The summed E-state index contributed by atoms with van der Waals surface area (Å²) in [7, 11) is 1.64. The highest BCUT2D eigenvalue weighted by atomic mass is 16.5. The normalized spacial score (nSPS) is 15.5. The lowest BCUT2D eigenvalue weighted by Gasteiger charge is -2.20. The zero-order chi connectivity index (χ0) is 24.2. The fraction of sp³-hybridized carbons (Fsp3) is 0.286. The van der Waals surface area contributed by atoms with E-state index in [4.69, 9.17) is 19.2 Å². The van der Waals surface area contributed by atoms with E-state index < -0.39 is 0 Å². The predicted molar refractivity (Wildman–Crippen MR) is 136 cm³/mol. The van der Waals surface area contributed by atoms with Crippen molar-refractivity contribution in [1.29, 1.82) is 0 Å². The molecule has 180 valence electrons. The number of aromatic nitrogens is 2. The minimum Gasteiger partial charge on any atom is -0.497 e. The number of imidazole rings is 1. The van der Waals surface area contributed by atoms with Gasteiger partial charge in [-0.15, -0.1) is 0 Å². The van der Waals surface area contributed by atoms with E-state index in [9.17, 15) is 4.79 Å². The second kappa shape index (κ2) is 10.1. The predicted octanol–water partition coefficient (Wildman–Crippen LogP) is 5.04. The van der Waals surface area contributed by atoms with E-state index in [0.29, 0.717) is 32.7 Å². The van der Waals surface area contributed by atoms with Gasteiger partial charge >= 0.3 is 0 Å². The lowest BCUT2D eigenvalue weighted by molar-refractivity contribution is -0.117. The maximum Gasteiger partial charge on any atom is 0.227 e. The average Bonchev–Trinajstić information content (AvgIpc) is 3.45. The standard InChI is InChI=1S/C28H29N3O4/c1-3-34-26-14-7-6-13-25(26)31-19-20(17-27(31)32)28-29-23-11-4-5-12-24(23)30(28)15-16-35-22-10-8-9-21(18-22)33-2/h4-14,18,20H,3,15-17,19H2,1-2H3. The maximum absolute atomic E-state index is 13.1. The lowest BCUT2D eigenvalue weighted by atomic mass is 10.1. The Morgan fingerprint density at radius 2 is 1.77 bits per heavy atom. The van der Waals surface area contributed by atoms with Crippen LogP contribution in [-0.4, -0.2) is 42.3 Å². The summed E-state index contributed by atoms with van der Waals surface area (Å²) in [5.74, 6) is 3.20. The zero-order valence-electron chi connectivity index (χ0n) is 20.0. The molecule has 1 saturated heterocycles. The Bertz CT molecular complexity index is 1330. The Balaban J connectivity index is 1.39. The van der Waals surface area contributed by atoms with Crippen LogP contribution in [0.5, 0.6) is 17.2 Å². The van der Waals surface area contributed by atoms with Gasteiger partial charge in [-0.2, -0.15) is 0 Å². The summed E-state index contributed by atoms with van der Waals surface area (Å²) in [5.41, 5.74) is 2.77. The number of hydrogen-bond acceptors (Lipinski definition) is 5. The molecule has 35 heavy (non-hydrogen) atoms. The van der Waals surface area contributed by atoms with Gasteiger partial charge in [0.05, 0.1) is 37.0 Å². The molecule has 7 nitrogen and oxygen atoms in total. The average molecular weight is 472 g/mol. The van der Waals surface area contributed by atoms with Gasteiger partial charge in [-0.3, -0.25) is 4.79 Å². The van der Waals surface area contributed by atoms with Crippen LogP contribution in [0.1, 0.15) is 25.1 Å². The van der Waals surface area contributed by atoms with Crippen molar-refractivity contribution in [3.05, 3.63) is 78.6 Å². The first-order chi connectivity index (χ1) is 17.2. The third-order valence-corrected chi connectivity index (χ3v) is 6.25. The van der Waals surface area contributed by atoms with E-state index >= 15 is 0 Å². The molecule has 1 atom stereocenters. The fourth-order valence-corrected chi connectivity index (χ4v) is 4.66. The van der Waals surface area contributed by atoms with E-state index in [0.717, 1.165) is 39.8 Å². The monoisotopic (exact) mass is 471 g/mol. The number of benzene rings is 3. The Hall–Kier alpha value is -4.00. The first-order valence-corrected chi connectivity index (χ1v) is 11.9. The van der Waals surface area contributed by atoms with Crippen LogP contribution >= 0.6 is 0 Å². The van der Waals surface area contributed by atoms with Crippen LogP contribution in [0.25, 0.3) is 11.0 Å². The molecule has 0 radical (unpaired) electrons. The number of carbonyl (C=O) groups excluding carboxylic acids is 1. The Morgan fingerprint density at radius 3 is 2.63 bits per heavy atom. The number of amides is 1. The molecular weight excluding hydrogens is 442 g/mol. The van der Waals surface area contributed by atoms with E-state index in [1.54, 1.807) is 7.11 Å². The van der Waals surface area contributed by atoms with Crippen LogP contribution in [0.3, 0.4) is 0 Å². The number of anilines is 1. The quantitative estimate of drug-likeness (QED) is 0.342. The van der Waals surface area contributed by atoms with Crippen LogP contribution in [0.4, 0.5) is 5.69 Å². The highest BCUT2D eigenvalue weighted by molar-refractivity contribution is 5.97. The van der Waals surface area contributed by atoms with Gasteiger partial charge in [0.1, 0.15) is 29.7 Å². The second-order valence-electron chi connectivity index (χ2n) is 8.44. The van der Waals surface area contributed by atoms with Gasteiger partial charge in [0.2, 0.25) is 5.91 Å². The summed E-state index contributed by atoms with van der Waals surface area (Å²) < 4.78 is 19.3. The topological polar surface area (TPSA) is 65.8 Å². The summed E-state index contributed by atoms with van der Waals surface area (Å²) in [6.07, 6.45) is 0.403. The van der Waals surface area contributed by atoms with Crippen LogP contribution in [-0.2, 0) is 11.3 Å². The third-order valence-electron chi connectivity index (χ3n) is 6.25. The molecule has 1 fully saturated rings. The van der Waals surface area contributed by atoms with Crippen molar-refractivity contribution in [2.75, 3.05) is 31.8 Å². The smallest absolute Gasteiger partial charge is 0.227 e. The third kappa shape index (κ3) is 4.67. The van der Waals surface area contributed by atoms with E-state index in [2.05, 4.69) is 10.6 Å². The van der Waals surface area contributed by atoms with Crippen molar-refractivity contribution >= 4 is 22.6 Å². The molecule has 0 saturated carbocycles. The molecule has 7 heteroatoms. The van der Waals surface area contributed by atoms with Crippen molar-refractivity contribution < 1.29 is 19.0 Å². The van der Waals surface area contributed by atoms with Gasteiger partial charge in [-0.25, -0.2) is 4.98 Å². The minimum absolute atomic E-state index is 0.0265. The molecule has 1 unspecified atom stereocenters. The van der Waals surface area contributed by atoms with Crippen molar-refractivity contribution in [3.8, 4) is 17.2 Å². The molecule has 1 aromatic heterocycles. The van der Waals surface area contributed by atoms with Gasteiger partial charge in [-0.05, 0) is 43.3 Å². The highest BCUT2D eigenvalue weighted by Crippen LogP contribution is 2.37. The Kier molecular flexibility index (Phi) is 6.57. The molecule has 2 heterocycles. The van der Waals surface area contributed by atoms with Gasteiger partial charge < -0.3 is 23.7 Å². The van der Waals surface area contributed by atoms with Gasteiger partial charge in [0.25, 0.3) is 0 Å². The summed E-state index contributed by atoms with van der Waals surface area (Å²) in [5, 5.41) is 0. The van der Waals surface area contributed by atoms with Crippen LogP contribution < -0.4 is 19.1 Å². The van der Waals surface area contributed by atoms with Crippen molar-refractivity contribution in [2.24, 2.45) is 0 Å². The SMILES string of the molecule is CCOc1ccccc1N1CC(c2nc3ccccc3n2CCOc2cccc(OC)c2)CC1=O. The Labute approximate surface area is 204 Å². The van der Waals surface area contributed by atoms with E-state index in [1.807, 2.05) is 78.6 Å². The van der Waals surface area contributed by atoms with Gasteiger partial charge in [0, 0.05) is 24.9 Å². The number of para-hydroxylation sites is 4. The largest absolute Gasteiger partial charge is 0.497 e. The molecule has 0 bridgehead atoms. The highest BCUT2D eigenvalue weighted by Gasteiger charge is 2.36.